The van der Waals surface area contributed by atoms with Crippen LogP contribution in [-0.4, -0.2) is 37.2 Å². The van der Waals surface area contributed by atoms with Gasteiger partial charge < -0.3 is 10.4 Å². The van der Waals surface area contributed by atoms with E-state index in [4.69, 9.17) is 16.7 Å². The molecule has 8 heteroatoms. The van der Waals surface area contributed by atoms with E-state index >= 15 is 0 Å². The highest BCUT2D eigenvalue weighted by Gasteiger charge is 2.35. The molecule has 1 fully saturated rings. The Hall–Kier alpha value is -1.60. The van der Waals surface area contributed by atoms with Gasteiger partial charge in [0.25, 0.3) is 0 Å². The Morgan fingerprint density at radius 3 is 2.67 bits per heavy atom. The Kier molecular flexibility index (Phi) is 4.53. The average molecular weight is 332 g/mol. The van der Waals surface area contributed by atoms with E-state index in [1.54, 1.807) is 0 Å². The number of carboxylic acid groups (broad SMARTS) is 1. The van der Waals surface area contributed by atoms with Crippen LogP contribution in [0.1, 0.15) is 29.6 Å². The number of benzene rings is 1. The standard InChI is InChI=1S/C13H14ClNO5S/c14-10-7-8(4-5-9(10)13(17)18)21(19,20)11-3-1-2-6-15-12(11)16/h4-5,7,11H,1-3,6H2,(H,15,16)(H,17,18). The average Bonchev–Trinajstić information content (AvgIpc) is 2.63. The third-order valence-corrected chi connectivity index (χ3v) is 5.78. The summed E-state index contributed by atoms with van der Waals surface area (Å²) in [7, 11) is -3.89. The third-order valence-electron chi connectivity index (χ3n) is 3.36. The fourth-order valence-corrected chi connectivity index (χ4v) is 4.25. The highest BCUT2D eigenvalue weighted by atomic mass is 35.5. The number of rotatable bonds is 3. The lowest BCUT2D eigenvalue weighted by Gasteiger charge is -2.14. The minimum atomic E-state index is -3.89. The zero-order valence-electron chi connectivity index (χ0n) is 11.0. The van der Waals surface area contributed by atoms with Gasteiger partial charge in [0.2, 0.25) is 5.91 Å². The Bertz CT molecular complexity index is 686. The quantitative estimate of drug-likeness (QED) is 0.873. The largest absolute Gasteiger partial charge is 0.478 e. The van der Waals surface area contributed by atoms with Crippen LogP contribution in [0, 0.1) is 0 Å². The van der Waals surface area contributed by atoms with Crippen molar-refractivity contribution >= 4 is 33.3 Å². The summed E-state index contributed by atoms with van der Waals surface area (Å²) in [5.41, 5.74) is -0.180. The number of hydrogen-bond donors (Lipinski definition) is 2. The minimum absolute atomic E-state index is 0.139. The molecule has 0 aromatic heterocycles. The summed E-state index contributed by atoms with van der Waals surface area (Å²) in [4.78, 5) is 22.6. The number of aromatic carboxylic acids is 1. The zero-order valence-corrected chi connectivity index (χ0v) is 12.6. The fraction of sp³-hybridized carbons (Fsp3) is 0.385. The Morgan fingerprint density at radius 1 is 1.33 bits per heavy atom. The molecule has 1 aliphatic heterocycles. The predicted octanol–water partition coefficient (Wildman–Crippen LogP) is 1.48. The molecule has 114 valence electrons. The van der Waals surface area contributed by atoms with E-state index in [-0.39, 0.29) is 21.9 Å². The molecule has 1 saturated heterocycles. The van der Waals surface area contributed by atoms with E-state index in [2.05, 4.69) is 5.32 Å². The van der Waals surface area contributed by atoms with Gasteiger partial charge in [-0.05, 0) is 37.5 Å². The number of carbonyl (C=O) groups is 2. The van der Waals surface area contributed by atoms with Gasteiger partial charge >= 0.3 is 5.97 Å². The lowest BCUT2D eigenvalue weighted by molar-refractivity contribution is -0.120. The van der Waals surface area contributed by atoms with E-state index in [1.165, 1.54) is 6.07 Å². The second-order valence-corrected chi connectivity index (χ2v) is 7.30. The summed E-state index contributed by atoms with van der Waals surface area (Å²) in [6.07, 6.45) is 1.60. The van der Waals surface area contributed by atoms with Crippen LogP contribution in [0.25, 0.3) is 0 Å². The molecule has 1 unspecified atom stereocenters. The Labute approximate surface area is 127 Å². The zero-order chi connectivity index (χ0) is 15.6. The SMILES string of the molecule is O=C(O)c1ccc(S(=O)(=O)C2CCCCNC2=O)cc1Cl. The van der Waals surface area contributed by atoms with Gasteiger partial charge in [-0.2, -0.15) is 0 Å². The monoisotopic (exact) mass is 331 g/mol. The van der Waals surface area contributed by atoms with Gasteiger partial charge in [-0.25, -0.2) is 13.2 Å². The number of halogens is 1. The fourth-order valence-electron chi connectivity index (χ4n) is 2.22. The van der Waals surface area contributed by atoms with Crippen molar-refractivity contribution in [2.24, 2.45) is 0 Å². The van der Waals surface area contributed by atoms with Crippen molar-refractivity contribution in [1.82, 2.24) is 5.32 Å². The molecule has 1 heterocycles. The number of sulfone groups is 1. The lowest BCUT2D eigenvalue weighted by Crippen LogP contribution is -2.38. The van der Waals surface area contributed by atoms with Crippen molar-refractivity contribution in [2.75, 3.05) is 6.54 Å². The Balaban J connectivity index is 2.41. The second-order valence-electron chi connectivity index (χ2n) is 4.77. The summed E-state index contributed by atoms with van der Waals surface area (Å²) >= 11 is 5.79. The number of amides is 1. The van der Waals surface area contributed by atoms with Crippen LogP contribution in [0.4, 0.5) is 0 Å². The van der Waals surface area contributed by atoms with Gasteiger partial charge in [-0.3, -0.25) is 4.79 Å². The topological polar surface area (TPSA) is 101 Å². The summed E-state index contributed by atoms with van der Waals surface area (Å²) in [5, 5.41) is 10.1. The second kappa shape index (κ2) is 6.03. The molecule has 6 nitrogen and oxygen atoms in total. The molecule has 2 rings (SSSR count). The first-order valence-electron chi connectivity index (χ1n) is 6.38. The van der Waals surface area contributed by atoms with Crippen molar-refractivity contribution < 1.29 is 23.1 Å². The molecule has 1 aromatic carbocycles. The van der Waals surface area contributed by atoms with E-state index in [1.807, 2.05) is 0 Å². The summed E-state index contributed by atoms with van der Waals surface area (Å²) < 4.78 is 25.0. The highest BCUT2D eigenvalue weighted by Crippen LogP contribution is 2.26. The number of hydrogen-bond acceptors (Lipinski definition) is 4. The number of carboxylic acids is 1. The van der Waals surface area contributed by atoms with Crippen LogP contribution in [-0.2, 0) is 14.6 Å². The van der Waals surface area contributed by atoms with Crippen molar-refractivity contribution in [3.8, 4) is 0 Å². The lowest BCUT2D eigenvalue weighted by atomic mass is 10.2. The maximum absolute atomic E-state index is 12.5. The molecular weight excluding hydrogens is 318 g/mol. The van der Waals surface area contributed by atoms with Crippen molar-refractivity contribution in [3.63, 3.8) is 0 Å². The van der Waals surface area contributed by atoms with E-state index in [0.29, 0.717) is 13.0 Å². The first-order chi connectivity index (χ1) is 9.84. The van der Waals surface area contributed by atoms with Gasteiger partial charge in [0.05, 0.1) is 15.5 Å². The van der Waals surface area contributed by atoms with Gasteiger partial charge in [0.1, 0.15) is 5.25 Å². The van der Waals surface area contributed by atoms with Crippen molar-refractivity contribution in [1.29, 1.82) is 0 Å². The molecule has 21 heavy (non-hydrogen) atoms. The van der Waals surface area contributed by atoms with Gasteiger partial charge in [-0.1, -0.05) is 11.6 Å². The number of carbonyl (C=O) groups excluding carboxylic acids is 1. The molecular formula is C13H14ClNO5S. The summed E-state index contributed by atoms with van der Waals surface area (Å²) in [6, 6.07) is 3.38. The van der Waals surface area contributed by atoms with Crippen molar-refractivity contribution in [3.05, 3.63) is 28.8 Å². The van der Waals surface area contributed by atoms with E-state index in [0.717, 1.165) is 18.6 Å². The first kappa shape index (κ1) is 15.8. The van der Waals surface area contributed by atoms with Crippen LogP contribution in [0.3, 0.4) is 0 Å². The molecule has 0 saturated carbocycles. The molecule has 1 amide bonds. The smallest absolute Gasteiger partial charge is 0.337 e. The third kappa shape index (κ3) is 3.19. The van der Waals surface area contributed by atoms with Gasteiger partial charge in [0.15, 0.2) is 9.84 Å². The van der Waals surface area contributed by atoms with Gasteiger partial charge in [0, 0.05) is 6.54 Å². The van der Waals surface area contributed by atoms with Crippen LogP contribution >= 0.6 is 11.6 Å². The summed E-state index contributed by atoms with van der Waals surface area (Å²) in [6.45, 7) is 0.462. The molecule has 1 aromatic rings. The molecule has 0 aliphatic carbocycles. The normalized spacial score (nSPS) is 19.7. The molecule has 1 aliphatic rings. The van der Waals surface area contributed by atoms with Crippen LogP contribution in [0.2, 0.25) is 5.02 Å². The van der Waals surface area contributed by atoms with Gasteiger partial charge in [-0.15, -0.1) is 0 Å². The molecule has 0 spiro atoms. The van der Waals surface area contributed by atoms with Crippen LogP contribution in [0.5, 0.6) is 0 Å². The molecule has 0 bridgehead atoms. The minimum Gasteiger partial charge on any atom is -0.478 e. The predicted molar refractivity (Wildman–Crippen MR) is 76.2 cm³/mol. The van der Waals surface area contributed by atoms with Crippen LogP contribution in [0.15, 0.2) is 23.1 Å². The first-order valence-corrected chi connectivity index (χ1v) is 8.31. The van der Waals surface area contributed by atoms with E-state index < -0.39 is 27.0 Å². The molecule has 0 radical (unpaired) electrons. The Morgan fingerprint density at radius 2 is 2.05 bits per heavy atom. The van der Waals surface area contributed by atoms with Crippen molar-refractivity contribution in [2.45, 2.75) is 29.4 Å². The number of nitrogens with one attached hydrogen (secondary N) is 1. The molecule has 1 atom stereocenters. The van der Waals surface area contributed by atoms with E-state index in [9.17, 15) is 18.0 Å². The van der Waals surface area contributed by atoms with Crippen LogP contribution < -0.4 is 5.32 Å². The molecule has 2 N–H and O–H groups in total. The maximum atomic E-state index is 12.5. The maximum Gasteiger partial charge on any atom is 0.337 e. The highest BCUT2D eigenvalue weighted by molar-refractivity contribution is 7.92. The summed E-state index contributed by atoms with van der Waals surface area (Å²) in [5.74, 6) is -1.76.